The molecular formula is C15H14BrFN2. The number of benzene rings is 2. The highest BCUT2D eigenvalue weighted by atomic mass is 79.9. The predicted octanol–water partition coefficient (Wildman–Crippen LogP) is 4.14. The third kappa shape index (κ3) is 2.38. The molecule has 98 valence electrons. The van der Waals surface area contributed by atoms with Crippen LogP contribution in [0.3, 0.4) is 0 Å². The van der Waals surface area contributed by atoms with Crippen molar-refractivity contribution in [2.24, 2.45) is 5.73 Å². The Hall–Kier alpha value is -1.39. The lowest BCUT2D eigenvalue weighted by Crippen LogP contribution is -2.10. The fourth-order valence-corrected chi connectivity index (χ4v) is 2.94. The normalized spacial score (nSPS) is 21.2. The quantitative estimate of drug-likeness (QED) is 0.872. The van der Waals surface area contributed by atoms with Gasteiger partial charge in [-0.1, -0.05) is 40.2 Å². The van der Waals surface area contributed by atoms with Crippen molar-refractivity contribution >= 4 is 21.6 Å². The van der Waals surface area contributed by atoms with E-state index in [0.717, 1.165) is 22.0 Å². The molecule has 0 saturated carbocycles. The molecule has 1 aliphatic rings. The zero-order valence-corrected chi connectivity index (χ0v) is 11.8. The molecule has 19 heavy (non-hydrogen) atoms. The Balaban J connectivity index is 1.89. The molecule has 0 heterocycles. The van der Waals surface area contributed by atoms with Crippen LogP contribution in [0.25, 0.3) is 0 Å². The van der Waals surface area contributed by atoms with Crippen LogP contribution in [0.2, 0.25) is 0 Å². The molecule has 3 rings (SSSR count). The van der Waals surface area contributed by atoms with Crippen LogP contribution in [0.4, 0.5) is 10.1 Å². The molecule has 2 aromatic rings. The maximum Gasteiger partial charge on any atom is 0.147 e. The van der Waals surface area contributed by atoms with Crippen molar-refractivity contribution in [1.29, 1.82) is 0 Å². The first-order valence-electron chi connectivity index (χ1n) is 6.21. The van der Waals surface area contributed by atoms with Crippen molar-refractivity contribution in [2.75, 3.05) is 5.32 Å². The molecule has 0 fully saturated rings. The Bertz CT molecular complexity index is 615. The van der Waals surface area contributed by atoms with Crippen molar-refractivity contribution in [1.82, 2.24) is 0 Å². The van der Waals surface area contributed by atoms with E-state index in [0.29, 0.717) is 5.69 Å². The number of anilines is 1. The van der Waals surface area contributed by atoms with Crippen LogP contribution in [0, 0.1) is 5.82 Å². The topological polar surface area (TPSA) is 38.0 Å². The van der Waals surface area contributed by atoms with Crippen LogP contribution in [-0.4, -0.2) is 0 Å². The summed E-state index contributed by atoms with van der Waals surface area (Å²) in [5.74, 6) is -0.257. The van der Waals surface area contributed by atoms with Crippen LogP contribution < -0.4 is 11.1 Å². The molecule has 0 amide bonds. The largest absolute Gasteiger partial charge is 0.376 e. The molecule has 0 spiro atoms. The van der Waals surface area contributed by atoms with Crippen LogP contribution in [0.5, 0.6) is 0 Å². The molecule has 4 heteroatoms. The maximum absolute atomic E-state index is 13.9. The maximum atomic E-state index is 13.9. The summed E-state index contributed by atoms with van der Waals surface area (Å²) in [5.41, 5.74) is 8.94. The second-order valence-corrected chi connectivity index (χ2v) is 5.71. The average Bonchev–Trinajstić information content (AvgIpc) is 2.71. The van der Waals surface area contributed by atoms with E-state index in [2.05, 4.69) is 27.3 Å². The first-order valence-corrected chi connectivity index (χ1v) is 7.00. The van der Waals surface area contributed by atoms with E-state index in [4.69, 9.17) is 5.73 Å². The van der Waals surface area contributed by atoms with Gasteiger partial charge >= 0.3 is 0 Å². The smallest absolute Gasteiger partial charge is 0.147 e. The summed E-state index contributed by atoms with van der Waals surface area (Å²) in [7, 11) is 0. The van der Waals surface area contributed by atoms with E-state index in [1.807, 2.05) is 24.3 Å². The number of hydrogen-bond acceptors (Lipinski definition) is 2. The second kappa shape index (κ2) is 4.94. The third-order valence-electron chi connectivity index (χ3n) is 3.52. The van der Waals surface area contributed by atoms with E-state index in [9.17, 15) is 4.39 Å². The first-order chi connectivity index (χ1) is 9.15. The van der Waals surface area contributed by atoms with Crippen LogP contribution in [-0.2, 0) is 0 Å². The van der Waals surface area contributed by atoms with Gasteiger partial charge in [-0.05, 0) is 35.7 Å². The van der Waals surface area contributed by atoms with Crippen molar-refractivity contribution in [3.8, 4) is 0 Å². The van der Waals surface area contributed by atoms with Gasteiger partial charge in [-0.15, -0.1) is 0 Å². The van der Waals surface area contributed by atoms with Crippen LogP contribution in [0.1, 0.15) is 29.6 Å². The minimum absolute atomic E-state index is 0.0206. The van der Waals surface area contributed by atoms with Crippen LogP contribution in [0.15, 0.2) is 46.9 Å². The molecule has 2 unspecified atom stereocenters. The Morgan fingerprint density at radius 3 is 2.63 bits per heavy atom. The van der Waals surface area contributed by atoms with Gasteiger partial charge in [0.25, 0.3) is 0 Å². The van der Waals surface area contributed by atoms with Gasteiger partial charge in [0.05, 0.1) is 11.7 Å². The van der Waals surface area contributed by atoms with Gasteiger partial charge in [0.2, 0.25) is 0 Å². The second-order valence-electron chi connectivity index (χ2n) is 4.79. The minimum atomic E-state index is -0.257. The van der Waals surface area contributed by atoms with Crippen LogP contribution >= 0.6 is 15.9 Å². The first kappa shape index (κ1) is 12.6. The molecule has 2 aromatic carbocycles. The standard InChI is InChI=1S/C15H14BrFN2/c16-9-5-6-14(12(17)7-9)19-15-8-13(18)10-3-1-2-4-11(10)15/h1-7,13,15,19H,8,18H2. The summed E-state index contributed by atoms with van der Waals surface area (Å²) < 4.78 is 14.6. The number of fused-ring (bicyclic) bond motifs is 1. The summed E-state index contributed by atoms with van der Waals surface area (Å²) in [6, 6.07) is 13.2. The molecule has 0 saturated heterocycles. The minimum Gasteiger partial charge on any atom is -0.376 e. The fourth-order valence-electron chi connectivity index (χ4n) is 2.60. The average molecular weight is 321 g/mol. The van der Waals surface area contributed by atoms with Gasteiger partial charge in [-0.25, -0.2) is 4.39 Å². The van der Waals surface area contributed by atoms with E-state index in [1.165, 1.54) is 6.07 Å². The third-order valence-corrected chi connectivity index (χ3v) is 4.01. The highest BCUT2D eigenvalue weighted by Gasteiger charge is 2.28. The van der Waals surface area contributed by atoms with E-state index in [-0.39, 0.29) is 17.9 Å². The van der Waals surface area contributed by atoms with Gasteiger partial charge in [0.15, 0.2) is 0 Å². The van der Waals surface area contributed by atoms with Gasteiger partial charge < -0.3 is 11.1 Å². The number of halogens is 2. The van der Waals surface area contributed by atoms with E-state index < -0.39 is 0 Å². The SMILES string of the molecule is NC1CC(Nc2ccc(Br)cc2F)c2ccccc21. The Morgan fingerprint density at radius 2 is 1.89 bits per heavy atom. The number of nitrogens with one attached hydrogen (secondary N) is 1. The Kier molecular flexibility index (Phi) is 3.29. The summed E-state index contributed by atoms with van der Waals surface area (Å²) >= 11 is 3.26. The lowest BCUT2D eigenvalue weighted by Gasteiger charge is -2.16. The summed E-state index contributed by atoms with van der Waals surface area (Å²) in [4.78, 5) is 0. The monoisotopic (exact) mass is 320 g/mol. The molecule has 1 aliphatic carbocycles. The van der Waals surface area contributed by atoms with Crippen molar-refractivity contribution in [2.45, 2.75) is 18.5 Å². The van der Waals surface area contributed by atoms with Gasteiger partial charge in [0, 0.05) is 10.5 Å². The van der Waals surface area contributed by atoms with Gasteiger partial charge in [0.1, 0.15) is 5.82 Å². The van der Waals surface area contributed by atoms with Crippen molar-refractivity contribution < 1.29 is 4.39 Å². The molecule has 0 radical (unpaired) electrons. The lowest BCUT2D eigenvalue weighted by molar-refractivity contribution is 0.613. The lowest BCUT2D eigenvalue weighted by atomic mass is 10.1. The van der Waals surface area contributed by atoms with Gasteiger partial charge in [-0.3, -0.25) is 0 Å². The summed E-state index contributed by atoms with van der Waals surface area (Å²) in [6.07, 6.45) is 0.787. The highest BCUT2D eigenvalue weighted by Crippen LogP contribution is 2.39. The predicted molar refractivity (Wildman–Crippen MR) is 78.5 cm³/mol. The molecule has 2 atom stereocenters. The Morgan fingerprint density at radius 1 is 1.16 bits per heavy atom. The fraction of sp³-hybridized carbons (Fsp3) is 0.200. The van der Waals surface area contributed by atoms with E-state index in [1.54, 1.807) is 6.07 Å². The molecule has 3 N–H and O–H groups in total. The van der Waals surface area contributed by atoms with Crippen molar-refractivity contribution in [3.63, 3.8) is 0 Å². The molecule has 0 aliphatic heterocycles. The van der Waals surface area contributed by atoms with Crippen molar-refractivity contribution in [3.05, 3.63) is 63.9 Å². The summed E-state index contributed by atoms with van der Waals surface area (Å²) in [6.45, 7) is 0. The number of nitrogens with two attached hydrogens (primary N) is 1. The Labute approximate surface area is 120 Å². The van der Waals surface area contributed by atoms with Gasteiger partial charge in [-0.2, -0.15) is 0 Å². The van der Waals surface area contributed by atoms with E-state index >= 15 is 0 Å². The zero-order valence-electron chi connectivity index (χ0n) is 10.2. The molecule has 0 bridgehead atoms. The number of rotatable bonds is 2. The molecule has 0 aromatic heterocycles. The highest BCUT2D eigenvalue weighted by molar-refractivity contribution is 9.10. The summed E-state index contributed by atoms with van der Waals surface area (Å²) in [5, 5.41) is 3.25. The molecule has 2 nitrogen and oxygen atoms in total. The molecular weight excluding hydrogens is 307 g/mol. The number of hydrogen-bond donors (Lipinski definition) is 2. The zero-order chi connectivity index (χ0) is 13.4.